The molecule has 22 heavy (non-hydrogen) atoms. The SMILES string of the molecule is CN(C)C(=S)NP(=O)(Oc1ccccc1)Oc1ccccc1. The summed E-state index contributed by atoms with van der Waals surface area (Å²) in [4.78, 5) is 1.62. The maximum Gasteiger partial charge on any atom is 0.543 e. The molecule has 0 saturated heterocycles. The molecule has 0 aromatic heterocycles. The molecule has 2 rings (SSSR count). The fourth-order valence-electron chi connectivity index (χ4n) is 1.52. The summed E-state index contributed by atoms with van der Waals surface area (Å²) in [5.74, 6) is 0.853. The molecule has 7 heteroatoms. The lowest BCUT2D eigenvalue weighted by molar-refractivity contribution is 0.378. The molecule has 1 N–H and O–H groups in total. The zero-order valence-electron chi connectivity index (χ0n) is 12.3. The Kier molecular flexibility index (Phi) is 5.41. The van der Waals surface area contributed by atoms with Gasteiger partial charge in [-0.1, -0.05) is 36.4 Å². The lowest BCUT2D eigenvalue weighted by atomic mass is 10.3. The van der Waals surface area contributed by atoms with Gasteiger partial charge in [-0.05, 0) is 36.5 Å². The molecule has 0 radical (unpaired) electrons. The number of thiocarbonyl (C=S) groups is 1. The van der Waals surface area contributed by atoms with Crippen LogP contribution < -0.4 is 14.1 Å². The van der Waals surface area contributed by atoms with Crippen LogP contribution in [0, 0.1) is 0 Å². The van der Waals surface area contributed by atoms with Gasteiger partial charge in [0.25, 0.3) is 0 Å². The highest BCUT2D eigenvalue weighted by atomic mass is 32.1. The monoisotopic (exact) mass is 336 g/mol. The smallest absolute Gasteiger partial charge is 0.400 e. The minimum atomic E-state index is -3.71. The summed E-state index contributed by atoms with van der Waals surface area (Å²) in [7, 11) is -0.224. The van der Waals surface area contributed by atoms with Gasteiger partial charge in [0.2, 0.25) is 0 Å². The summed E-state index contributed by atoms with van der Waals surface area (Å²) in [5.41, 5.74) is 0. The van der Waals surface area contributed by atoms with Gasteiger partial charge >= 0.3 is 7.75 Å². The third-order valence-corrected chi connectivity index (χ3v) is 4.58. The number of rotatable bonds is 5. The molecule has 0 aliphatic rings. The number of para-hydroxylation sites is 2. The Hall–Kier alpha value is -2.04. The molecule has 5 nitrogen and oxygen atoms in total. The minimum absolute atomic E-state index is 0.259. The first kappa shape index (κ1) is 16.3. The lowest BCUT2D eigenvalue weighted by Gasteiger charge is -2.23. The number of hydrogen-bond donors (Lipinski definition) is 1. The molecule has 116 valence electrons. The van der Waals surface area contributed by atoms with Crippen LogP contribution in [0.25, 0.3) is 0 Å². The van der Waals surface area contributed by atoms with E-state index >= 15 is 0 Å². The van der Waals surface area contributed by atoms with Crippen molar-refractivity contribution in [2.24, 2.45) is 0 Å². The van der Waals surface area contributed by atoms with Crippen LogP contribution in [0.5, 0.6) is 11.5 Å². The van der Waals surface area contributed by atoms with E-state index in [-0.39, 0.29) is 5.11 Å². The zero-order valence-corrected chi connectivity index (χ0v) is 14.0. The van der Waals surface area contributed by atoms with Gasteiger partial charge in [0, 0.05) is 14.1 Å². The second-order valence-electron chi connectivity index (χ2n) is 4.62. The average molecular weight is 336 g/mol. The first-order valence-electron chi connectivity index (χ1n) is 6.57. The van der Waals surface area contributed by atoms with Crippen molar-refractivity contribution in [3.8, 4) is 11.5 Å². The van der Waals surface area contributed by atoms with E-state index in [1.54, 1.807) is 67.5 Å². The third-order valence-electron chi connectivity index (χ3n) is 2.58. The largest absolute Gasteiger partial charge is 0.543 e. The number of nitrogens with one attached hydrogen (secondary N) is 1. The maximum atomic E-state index is 13.0. The topological polar surface area (TPSA) is 50.8 Å². The molecule has 0 unspecified atom stereocenters. The molecule has 0 saturated carbocycles. The predicted molar refractivity (Wildman–Crippen MR) is 91.2 cm³/mol. The number of hydrogen-bond acceptors (Lipinski definition) is 4. The van der Waals surface area contributed by atoms with Gasteiger partial charge in [0.1, 0.15) is 11.5 Å². The highest BCUT2D eigenvalue weighted by Gasteiger charge is 2.30. The van der Waals surface area contributed by atoms with Crippen LogP contribution in [0.4, 0.5) is 0 Å². The van der Waals surface area contributed by atoms with E-state index in [1.807, 2.05) is 12.1 Å². The molecule has 2 aromatic rings. The normalized spacial score (nSPS) is 10.6. The summed E-state index contributed by atoms with van der Waals surface area (Å²) < 4.78 is 24.1. The van der Waals surface area contributed by atoms with Gasteiger partial charge in [-0.3, -0.25) is 0 Å². The van der Waals surface area contributed by atoms with E-state index in [4.69, 9.17) is 21.3 Å². The molecule has 0 fully saturated rings. The van der Waals surface area contributed by atoms with Gasteiger partial charge in [-0.15, -0.1) is 0 Å². The van der Waals surface area contributed by atoms with Crippen LogP contribution in [0.3, 0.4) is 0 Å². The first-order valence-corrected chi connectivity index (χ1v) is 8.52. The third kappa shape index (κ3) is 4.76. The molecule has 0 heterocycles. The fourth-order valence-corrected chi connectivity index (χ4v) is 3.22. The van der Waals surface area contributed by atoms with Crippen molar-refractivity contribution >= 4 is 25.1 Å². The summed E-state index contributed by atoms with van der Waals surface area (Å²) >= 11 is 5.14. The van der Waals surface area contributed by atoms with Crippen molar-refractivity contribution in [3.63, 3.8) is 0 Å². The highest BCUT2D eigenvalue weighted by Crippen LogP contribution is 2.44. The van der Waals surface area contributed by atoms with E-state index < -0.39 is 7.75 Å². The highest BCUT2D eigenvalue weighted by molar-refractivity contribution is 7.81. The van der Waals surface area contributed by atoms with Crippen molar-refractivity contribution in [2.45, 2.75) is 0 Å². The second-order valence-corrected chi connectivity index (χ2v) is 6.59. The van der Waals surface area contributed by atoms with Crippen LogP contribution in [0.1, 0.15) is 0 Å². The van der Waals surface area contributed by atoms with Crippen molar-refractivity contribution in [1.82, 2.24) is 9.99 Å². The Balaban J connectivity index is 2.23. The van der Waals surface area contributed by atoms with Crippen LogP contribution in [0.2, 0.25) is 0 Å². The molecule has 0 aliphatic heterocycles. The molecule has 0 bridgehead atoms. The van der Waals surface area contributed by atoms with Crippen LogP contribution in [-0.4, -0.2) is 24.1 Å². The standard InChI is InChI=1S/C15H17N2O3PS/c1-17(2)15(22)16-21(18,19-13-9-5-3-6-10-13)20-14-11-7-4-8-12-14/h3-12H,1-2H3,(H,16,18,22). The van der Waals surface area contributed by atoms with Crippen molar-refractivity contribution in [1.29, 1.82) is 0 Å². The Bertz CT molecular complexity index is 620. The number of nitrogens with zero attached hydrogens (tertiary/aromatic N) is 1. The summed E-state index contributed by atoms with van der Waals surface area (Å²) in [6, 6.07) is 17.6. The first-order chi connectivity index (χ1) is 10.5. The summed E-state index contributed by atoms with van der Waals surface area (Å²) in [6.07, 6.45) is 0. The summed E-state index contributed by atoms with van der Waals surface area (Å²) in [5, 5.41) is 2.92. The molecule has 0 aliphatic carbocycles. The van der Waals surface area contributed by atoms with E-state index in [0.717, 1.165) is 0 Å². The maximum absolute atomic E-state index is 13.0. The van der Waals surface area contributed by atoms with Crippen molar-refractivity contribution in [3.05, 3.63) is 60.7 Å². The van der Waals surface area contributed by atoms with Crippen LogP contribution in [-0.2, 0) is 4.57 Å². The van der Waals surface area contributed by atoms with Gasteiger partial charge in [-0.2, -0.15) is 0 Å². The van der Waals surface area contributed by atoms with Crippen LogP contribution in [0.15, 0.2) is 60.7 Å². The molecule has 2 aromatic carbocycles. The number of benzene rings is 2. The van der Waals surface area contributed by atoms with Gasteiger partial charge < -0.3 is 13.9 Å². The quantitative estimate of drug-likeness (QED) is 0.664. The van der Waals surface area contributed by atoms with Gasteiger partial charge in [-0.25, -0.2) is 9.65 Å². The minimum Gasteiger partial charge on any atom is -0.400 e. The molecule has 0 spiro atoms. The van der Waals surface area contributed by atoms with E-state index in [9.17, 15) is 4.57 Å². The summed E-state index contributed by atoms with van der Waals surface area (Å²) in [6.45, 7) is 0. The van der Waals surface area contributed by atoms with Gasteiger partial charge in [0.05, 0.1) is 0 Å². The zero-order chi connectivity index (χ0) is 16.0. The lowest BCUT2D eigenvalue weighted by Crippen LogP contribution is -2.34. The van der Waals surface area contributed by atoms with Crippen LogP contribution >= 0.6 is 20.0 Å². The Morgan fingerprint density at radius 1 is 0.955 bits per heavy atom. The molecule has 0 atom stereocenters. The molecular formula is C15H17N2O3PS. The predicted octanol–water partition coefficient (Wildman–Crippen LogP) is 3.69. The van der Waals surface area contributed by atoms with Crippen molar-refractivity contribution in [2.75, 3.05) is 14.1 Å². The van der Waals surface area contributed by atoms with Crippen molar-refractivity contribution < 1.29 is 13.6 Å². The molecule has 0 amide bonds. The van der Waals surface area contributed by atoms with E-state index in [0.29, 0.717) is 11.5 Å². The fraction of sp³-hybridized carbons (Fsp3) is 0.133. The average Bonchev–Trinajstić information content (AvgIpc) is 2.48. The van der Waals surface area contributed by atoms with E-state index in [1.165, 1.54) is 0 Å². The van der Waals surface area contributed by atoms with E-state index in [2.05, 4.69) is 5.09 Å². The van der Waals surface area contributed by atoms with Gasteiger partial charge in [0.15, 0.2) is 5.11 Å². The Morgan fingerprint density at radius 3 is 1.73 bits per heavy atom. The Morgan fingerprint density at radius 2 is 1.36 bits per heavy atom. The second kappa shape index (κ2) is 7.29. The Labute approximate surface area is 135 Å². The molecular weight excluding hydrogens is 319 g/mol.